The maximum absolute atomic E-state index is 10.0. The maximum Gasteiger partial charge on any atom is 0.139 e. The molecule has 1 rings (SSSR count). The van der Waals surface area contributed by atoms with Gasteiger partial charge in [-0.25, -0.2) is 0 Å². The van der Waals surface area contributed by atoms with Crippen molar-refractivity contribution in [3.63, 3.8) is 0 Å². The highest BCUT2D eigenvalue weighted by molar-refractivity contribution is 5.20. The summed E-state index contributed by atoms with van der Waals surface area (Å²) in [4.78, 5) is 0. The van der Waals surface area contributed by atoms with E-state index in [4.69, 9.17) is 0 Å². The summed E-state index contributed by atoms with van der Waals surface area (Å²) < 4.78 is 0. The second kappa shape index (κ2) is 4.40. The molecule has 1 atom stereocenters. The molecule has 0 saturated heterocycles. The van der Waals surface area contributed by atoms with E-state index in [0.717, 1.165) is 18.5 Å². The van der Waals surface area contributed by atoms with Gasteiger partial charge in [-0.3, -0.25) is 5.32 Å². The van der Waals surface area contributed by atoms with E-state index in [1.165, 1.54) is 0 Å². The Morgan fingerprint density at radius 2 is 1.92 bits per heavy atom. The average Bonchev–Trinajstić information content (AvgIpc) is 2.16. The van der Waals surface area contributed by atoms with Crippen LogP contribution in [0.4, 0.5) is 0 Å². The molecule has 0 spiro atoms. The van der Waals surface area contributed by atoms with Crippen LogP contribution in [-0.4, -0.2) is 11.7 Å². The molecule has 1 unspecified atom stereocenters. The molecule has 0 radical (unpaired) electrons. The monoisotopic (exact) mass is 179 g/mol. The third-order valence-corrected chi connectivity index (χ3v) is 2.06. The van der Waals surface area contributed by atoms with Crippen molar-refractivity contribution >= 4 is 0 Å². The summed E-state index contributed by atoms with van der Waals surface area (Å²) in [7, 11) is 0. The van der Waals surface area contributed by atoms with E-state index in [9.17, 15) is 5.11 Å². The smallest absolute Gasteiger partial charge is 0.139 e. The van der Waals surface area contributed by atoms with Gasteiger partial charge >= 0.3 is 0 Å². The van der Waals surface area contributed by atoms with Crippen LogP contribution in [0.15, 0.2) is 30.3 Å². The van der Waals surface area contributed by atoms with Gasteiger partial charge in [0.05, 0.1) is 0 Å². The Bertz CT molecular complexity index is 244. The van der Waals surface area contributed by atoms with Crippen molar-refractivity contribution in [2.75, 3.05) is 6.54 Å². The predicted molar refractivity (Wildman–Crippen MR) is 54.3 cm³/mol. The molecule has 0 bridgehead atoms. The summed E-state index contributed by atoms with van der Waals surface area (Å²) in [5.41, 5.74) is 0.000486. The molecule has 0 aromatic heterocycles. The number of benzene rings is 1. The van der Waals surface area contributed by atoms with E-state index in [-0.39, 0.29) is 0 Å². The normalized spacial score (nSPS) is 15.3. The molecular weight excluding hydrogens is 162 g/mol. The molecule has 0 heterocycles. The minimum atomic E-state index is -0.905. The fourth-order valence-corrected chi connectivity index (χ4v) is 1.23. The van der Waals surface area contributed by atoms with Crippen molar-refractivity contribution in [3.05, 3.63) is 35.9 Å². The lowest BCUT2D eigenvalue weighted by molar-refractivity contribution is 0.0203. The zero-order chi connectivity index (χ0) is 9.73. The first-order valence-corrected chi connectivity index (χ1v) is 4.69. The molecule has 0 amide bonds. The minimum absolute atomic E-state index is 0.821. The lowest BCUT2D eigenvalue weighted by Crippen LogP contribution is -2.39. The van der Waals surface area contributed by atoms with Crippen molar-refractivity contribution in [1.29, 1.82) is 0 Å². The molecular formula is C11H17NO. The molecule has 0 aliphatic heterocycles. The summed E-state index contributed by atoms with van der Waals surface area (Å²) in [6, 6.07) is 9.64. The summed E-state index contributed by atoms with van der Waals surface area (Å²) >= 11 is 0. The minimum Gasteiger partial charge on any atom is -0.372 e. The lowest BCUT2D eigenvalue weighted by atomic mass is 10.1. The fraction of sp³-hybridized carbons (Fsp3) is 0.455. The third kappa shape index (κ3) is 2.83. The van der Waals surface area contributed by atoms with Gasteiger partial charge in [-0.05, 0) is 25.5 Å². The van der Waals surface area contributed by atoms with Crippen LogP contribution in [0.1, 0.15) is 25.8 Å². The van der Waals surface area contributed by atoms with Crippen LogP contribution in [0.5, 0.6) is 0 Å². The Balaban J connectivity index is 2.69. The second-order valence-electron chi connectivity index (χ2n) is 3.37. The van der Waals surface area contributed by atoms with Crippen LogP contribution in [-0.2, 0) is 5.72 Å². The van der Waals surface area contributed by atoms with Crippen LogP contribution < -0.4 is 5.32 Å². The number of nitrogens with one attached hydrogen (secondary N) is 1. The topological polar surface area (TPSA) is 32.3 Å². The van der Waals surface area contributed by atoms with Crippen molar-refractivity contribution in [3.8, 4) is 0 Å². The molecule has 2 nitrogen and oxygen atoms in total. The average molecular weight is 179 g/mol. The molecule has 13 heavy (non-hydrogen) atoms. The van der Waals surface area contributed by atoms with Crippen LogP contribution in [0.3, 0.4) is 0 Å². The van der Waals surface area contributed by atoms with Gasteiger partial charge < -0.3 is 5.11 Å². The second-order valence-corrected chi connectivity index (χ2v) is 3.37. The zero-order valence-corrected chi connectivity index (χ0v) is 8.25. The third-order valence-electron chi connectivity index (χ3n) is 2.06. The van der Waals surface area contributed by atoms with Gasteiger partial charge in [0, 0.05) is 0 Å². The number of hydrogen-bond acceptors (Lipinski definition) is 2. The molecule has 72 valence electrons. The molecule has 0 aliphatic carbocycles. The molecule has 2 heteroatoms. The first kappa shape index (κ1) is 10.2. The fourth-order valence-electron chi connectivity index (χ4n) is 1.23. The molecule has 1 aromatic carbocycles. The van der Waals surface area contributed by atoms with Crippen LogP contribution >= 0.6 is 0 Å². The Morgan fingerprint density at radius 3 is 2.46 bits per heavy atom. The summed E-state index contributed by atoms with van der Waals surface area (Å²) in [5.74, 6) is 0. The van der Waals surface area contributed by atoms with Crippen LogP contribution in [0.2, 0.25) is 0 Å². The van der Waals surface area contributed by atoms with Crippen molar-refractivity contribution in [2.45, 2.75) is 26.0 Å². The van der Waals surface area contributed by atoms with E-state index >= 15 is 0 Å². The predicted octanol–water partition coefficient (Wildman–Crippen LogP) is 1.85. The van der Waals surface area contributed by atoms with Gasteiger partial charge in [0.15, 0.2) is 0 Å². The standard InChI is InChI=1S/C11H17NO/c1-3-9-12-11(2,13)10-7-5-4-6-8-10/h4-8,12-13H,3,9H2,1-2H3. The highest BCUT2D eigenvalue weighted by atomic mass is 16.3. The molecule has 1 aromatic rings. The number of aliphatic hydroxyl groups is 1. The van der Waals surface area contributed by atoms with Gasteiger partial charge in [0.1, 0.15) is 5.72 Å². The summed E-state index contributed by atoms with van der Waals surface area (Å²) in [6.45, 7) is 4.67. The molecule has 0 saturated carbocycles. The van der Waals surface area contributed by atoms with E-state index < -0.39 is 5.72 Å². The van der Waals surface area contributed by atoms with Crippen LogP contribution in [0.25, 0.3) is 0 Å². The van der Waals surface area contributed by atoms with E-state index in [0.29, 0.717) is 0 Å². The zero-order valence-electron chi connectivity index (χ0n) is 8.25. The highest BCUT2D eigenvalue weighted by Gasteiger charge is 2.20. The summed E-state index contributed by atoms with van der Waals surface area (Å²) in [5, 5.41) is 13.1. The Morgan fingerprint density at radius 1 is 1.31 bits per heavy atom. The van der Waals surface area contributed by atoms with Crippen molar-refractivity contribution in [2.24, 2.45) is 0 Å². The van der Waals surface area contributed by atoms with Crippen molar-refractivity contribution < 1.29 is 5.11 Å². The van der Waals surface area contributed by atoms with Gasteiger partial charge in [-0.1, -0.05) is 37.3 Å². The van der Waals surface area contributed by atoms with Gasteiger partial charge in [-0.15, -0.1) is 0 Å². The highest BCUT2D eigenvalue weighted by Crippen LogP contribution is 2.16. The molecule has 0 fully saturated rings. The SMILES string of the molecule is CCCNC(C)(O)c1ccccc1. The van der Waals surface area contributed by atoms with Gasteiger partial charge in [0.25, 0.3) is 0 Å². The largest absolute Gasteiger partial charge is 0.372 e. The quantitative estimate of drug-likeness (QED) is 0.691. The maximum atomic E-state index is 10.0. The Kier molecular flexibility index (Phi) is 3.46. The van der Waals surface area contributed by atoms with E-state index in [1.54, 1.807) is 6.92 Å². The Labute approximate surface area is 79.6 Å². The number of rotatable bonds is 4. The van der Waals surface area contributed by atoms with E-state index in [2.05, 4.69) is 12.2 Å². The van der Waals surface area contributed by atoms with Crippen LogP contribution in [0, 0.1) is 0 Å². The van der Waals surface area contributed by atoms with E-state index in [1.807, 2.05) is 30.3 Å². The molecule has 0 aliphatic rings. The Hall–Kier alpha value is -0.860. The first-order chi connectivity index (χ1) is 6.17. The lowest BCUT2D eigenvalue weighted by Gasteiger charge is -2.25. The van der Waals surface area contributed by atoms with Gasteiger partial charge in [0.2, 0.25) is 0 Å². The number of hydrogen-bond donors (Lipinski definition) is 2. The summed E-state index contributed by atoms with van der Waals surface area (Å²) in [6.07, 6.45) is 1.02. The first-order valence-electron chi connectivity index (χ1n) is 4.69. The molecule has 2 N–H and O–H groups in total. The van der Waals surface area contributed by atoms with Crippen molar-refractivity contribution in [1.82, 2.24) is 5.32 Å². The van der Waals surface area contributed by atoms with Gasteiger partial charge in [-0.2, -0.15) is 0 Å².